The van der Waals surface area contributed by atoms with Gasteiger partial charge < -0.3 is 9.84 Å². The molecule has 7 heteroatoms. The topological polar surface area (TPSA) is 75.6 Å². The minimum Gasteiger partial charge on any atom is -0.384 e. The molecule has 0 aromatic heterocycles. The first-order chi connectivity index (χ1) is 9.84. The summed E-state index contributed by atoms with van der Waals surface area (Å²) in [5.41, 5.74) is 0.210. The van der Waals surface area contributed by atoms with Gasteiger partial charge in [0.15, 0.2) is 0 Å². The van der Waals surface area contributed by atoms with Gasteiger partial charge in [0.2, 0.25) is 10.0 Å². The molecule has 1 rings (SSSR count). The van der Waals surface area contributed by atoms with E-state index in [1.807, 2.05) is 0 Å². The zero-order chi connectivity index (χ0) is 15.9. The highest BCUT2D eigenvalue weighted by Gasteiger charge is 2.13. The highest BCUT2D eigenvalue weighted by Crippen LogP contribution is 2.17. The Balaban J connectivity index is 2.74. The van der Waals surface area contributed by atoms with Gasteiger partial charge in [-0.1, -0.05) is 11.8 Å². The Hall–Kier alpha value is -1.62. The van der Waals surface area contributed by atoms with Crippen LogP contribution < -0.4 is 4.72 Å². The first kappa shape index (κ1) is 17.4. The van der Waals surface area contributed by atoms with Crippen molar-refractivity contribution in [1.82, 2.24) is 0 Å². The summed E-state index contributed by atoms with van der Waals surface area (Å²) in [4.78, 5) is 0. The zero-order valence-electron chi connectivity index (χ0n) is 11.9. The molecular formula is C14H18FNO4S. The van der Waals surface area contributed by atoms with Crippen LogP contribution in [0.1, 0.15) is 19.4 Å². The van der Waals surface area contributed by atoms with Crippen molar-refractivity contribution in [3.8, 4) is 11.8 Å². The van der Waals surface area contributed by atoms with Gasteiger partial charge in [-0.25, -0.2) is 12.8 Å². The van der Waals surface area contributed by atoms with Crippen molar-refractivity contribution < 1.29 is 22.7 Å². The summed E-state index contributed by atoms with van der Waals surface area (Å²) >= 11 is 0. The van der Waals surface area contributed by atoms with Crippen LogP contribution in [0.15, 0.2) is 18.2 Å². The Bertz CT molecular complexity index is 632. The van der Waals surface area contributed by atoms with Gasteiger partial charge >= 0.3 is 0 Å². The summed E-state index contributed by atoms with van der Waals surface area (Å²) in [5, 5.41) is 8.55. The van der Waals surface area contributed by atoms with Gasteiger partial charge in [0, 0.05) is 5.56 Å². The number of ether oxygens (including phenoxy) is 1. The number of hydrogen-bond donors (Lipinski definition) is 2. The van der Waals surface area contributed by atoms with E-state index in [0.29, 0.717) is 5.56 Å². The third-order valence-corrected chi connectivity index (χ3v) is 3.58. The van der Waals surface area contributed by atoms with Crippen LogP contribution in [0.25, 0.3) is 0 Å². The van der Waals surface area contributed by atoms with E-state index >= 15 is 0 Å². The molecule has 0 aliphatic heterocycles. The summed E-state index contributed by atoms with van der Waals surface area (Å²) in [6, 6.07) is 3.86. The number of nitrogens with one attached hydrogen (secondary N) is 1. The number of aliphatic hydroxyl groups excluding tert-OH is 1. The number of rotatable bonds is 6. The zero-order valence-corrected chi connectivity index (χ0v) is 12.7. The molecular weight excluding hydrogens is 297 g/mol. The lowest BCUT2D eigenvalue weighted by atomic mass is 10.2. The highest BCUT2D eigenvalue weighted by atomic mass is 32.2. The molecule has 0 aliphatic rings. The van der Waals surface area contributed by atoms with Gasteiger partial charge in [-0.2, -0.15) is 0 Å². The second-order valence-electron chi connectivity index (χ2n) is 4.49. The lowest BCUT2D eigenvalue weighted by molar-refractivity contribution is 0.0913. The Morgan fingerprint density at radius 3 is 2.71 bits per heavy atom. The van der Waals surface area contributed by atoms with Crippen LogP contribution >= 0.6 is 0 Å². The van der Waals surface area contributed by atoms with Gasteiger partial charge in [-0.05, 0) is 32.0 Å². The number of anilines is 1. The van der Waals surface area contributed by atoms with Crippen molar-refractivity contribution in [3.63, 3.8) is 0 Å². The van der Waals surface area contributed by atoms with E-state index < -0.39 is 15.8 Å². The molecule has 116 valence electrons. The third-order valence-electron chi connectivity index (χ3n) is 2.35. The molecule has 1 aromatic rings. The molecule has 0 aliphatic carbocycles. The second-order valence-corrected chi connectivity index (χ2v) is 6.34. The molecule has 2 N–H and O–H groups in total. The lowest BCUT2D eigenvalue weighted by Gasteiger charge is -2.10. The number of hydrogen-bond acceptors (Lipinski definition) is 4. The van der Waals surface area contributed by atoms with Gasteiger partial charge in [-0.15, -0.1) is 0 Å². The summed E-state index contributed by atoms with van der Waals surface area (Å²) in [7, 11) is -3.67. The average Bonchev–Trinajstić information content (AvgIpc) is 2.38. The minimum atomic E-state index is -3.67. The fraction of sp³-hybridized carbons (Fsp3) is 0.429. The summed E-state index contributed by atoms with van der Waals surface area (Å²) in [5.74, 6) is 3.93. The first-order valence-electron chi connectivity index (χ1n) is 6.35. The van der Waals surface area contributed by atoms with Gasteiger partial charge in [-0.3, -0.25) is 4.72 Å². The van der Waals surface area contributed by atoms with Crippen molar-refractivity contribution in [2.45, 2.75) is 20.0 Å². The van der Waals surface area contributed by atoms with Crippen molar-refractivity contribution in [3.05, 3.63) is 29.6 Å². The summed E-state index contributed by atoms with van der Waals surface area (Å²) in [6.45, 7) is 3.30. The first-order valence-corrected chi connectivity index (χ1v) is 8.00. The molecule has 0 unspecified atom stereocenters. The lowest BCUT2D eigenvalue weighted by Crippen LogP contribution is -2.22. The van der Waals surface area contributed by atoms with Crippen LogP contribution in [0.4, 0.5) is 10.1 Å². The van der Waals surface area contributed by atoms with Crippen molar-refractivity contribution in [2.75, 3.05) is 23.7 Å². The molecule has 0 amide bonds. The van der Waals surface area contributed by atoms with E-state index in [0.717, 1.165) is 6.07 Å². The van der Waals surface area contributed by atoms with E-state index in [2.05, 4.69) is 16.6 Å². The van der Waals surface area contributed by atoms with Crippen LogP contribution in [0.5, 0.6) is 0 Å². The van der Waals surface area contributed by atoms with E-state index in [1.165, 1.54) is 12.1 Å². The molecule has 21 heavy (non-hydrogen) atoms. The maximum atomic E-state index is 13.8. The number of aliphatic hydroxyl groups is 1. The van der Waals surface area contributed by atoms with Crippen LogP contribution in [0.3, 0.4) is 0 Å². The van der Waals surface area contributed by atoms with Crippen LogP contribution in [0, 0.1) is 17.7 Å². The van der Waals surface area contributed by atoms with Gasteiger partial charge in [0.25, 0.3) is 0 Å². The Morgan fingerprint density at radius 2 is 2.14 bits per heavy atom. The van der Waals surface area contributed by atoms with Crippen molar-refractivity contribution >= 4 is 15.7 Å². The van der Waals surface area contributed by atoms with Crippen LogP contribution in [-0.4, -0.2) is 38.6 Å². The Morgan fingerprint density at radius 1 is 1.43 bits per heavy atom. The largest absolute Gasteiger partial charge is 0.384 e. The summed E-state index contributed by atoms with van der Waals surface area (Å²) < 4.78 is 44.6. The normalized spacial score (nSPS) is 11.1. The van der Waals surface area contributed by atoms with Crippen LogP contribution in [0.2, 0.25) is 0 Å². The third kappa shape index (κ3) is 6.58. The highest BCUT2D eigenvalue weighted by molar-refractivity contribution is 7.92. The molecule has 0 saturated heterocycles. The minimum absolute atomic E-state index is 0.0364. The second kappa shape index (κ2) is 7.98. The molecule has 1 aromatic carbocycles. The number of sulfonamides is 1. The monoisotopic (exact) mass is 315 g/mol. The van der Waals surface area contributed by atoms with E-state index in [9.17, 15) is 12.8 Å². The van der Waals surface area contributed by atoms with Crippen LogP contribution in [-0.2, 0) is 14.8 Å². The molecule has 0 atom stereocenters. The standard InChI is InChI=1S/C14H18FNO4S/c1-11(2)20-8-9-21(18,19)16-14-6-5-12(4-3-7-17)10-13(14)15/h5-6,10-11,16-17H,7-9H2,1-2H3. The SMILES string of the molecule is CC(C)OCCS(=O)(=O)Nc1ccc(C#CCO)cc1F. The Labute approximate surface area is 124 Å². The molecule has 0 spiro atoms. The van der Waals surface area contributed by atoms with Crippen molar-refractivity contribution in [1.29, 1.82) is 0 Å². The maximum Gasteiger partial charge on any atom is 0.235 e. The van der Waals surface area contributed by atoms with Crippen molar-refractivity contribution in [2.24, 2.45) is 0 Å². The summed E-state index contributed by atoms with van der Waals surface area (Å²) in [6.07, 6.45) is -0.0682. The molecule has 0 radical (unpaired) electrons. The maximum absolute atomic E-state index is 13.8. The van der Waals surface area contributed by atoms with Gasteiger partial charge in [0.05, 0.1) is 24.2 Å². The molecule has 0 bridgehead atoms. The fourth-order valence-corrected chi connectivity index (χ4v) is 2.35. The predicted molar refractivity (Wildman–Crippen MR) is 78.9 cm³/mol. The molecule has 0 fully saturated rings. The molecule has 0 heterocycles. The molecule has 0 saturated carbocycles. The molecule has 5 nitrogen and oxygen atoms in total. The van der Waals surface area contributed by atoms with E-state index in [-0.39, 0.29) is 30.8 Å². The van der Waals surface area contributed by atoms with E-state index in [4.69, 9.17) is 9.84 Å². The number of halogens is 1. The Kier molecular flexibility index (Phi) is 6.62. The fourth-order valence-electron chi connectivity index (χ4n) is 1.43. The predicted octanol–water partition coefficient (Wildman–Crippen LogP) is 1.34. The van der Waals surface area contributed by atoms with E-state index in [1.54, 1.807) is 13.8 Å². The average molecular weight is 315 g/mol. The smallest absolute Gasteiger partial charge is 0.235 e. The van der Waals surface area contributed by atoms with Gasteiger partial charge in [0.1, 0.15) is 12.4 Å². The number of benzene rings is 1. The quantitative estimate of drug-likeness (QED) is 0.777.